The van der Waals surface area contributed by atoms with Crippen LogP contribution in [0.5, 0.6) is 0 Å². The molecule has 0 saturated carbocycles. The Labute approximate surface area is 121 Å². The molecular formula is C15H13ClFN3. The van der Waals surface area contributed by atoms with Crippen LogP contribution < -0.4 is 0 Å². The molecule has 0 unspecified atom stereocenters. The van der Waals surface area contributed by atoms with Gasteiger partial charge in [-0.25, -0.2) is 9.37 Å². The lowest BCUT2D eigenvalue weighted by Crippen LogP contribution is -2.06. The molecule has 0 aliphatic carbocycles. The number of imidazole rings is 1. The summed E-state index contributed by atoms with van der Waals surface area (Å²) in [5.41, 5.74) is 2.73. The largest absolute Gasteiger partial charge is 0.323 e. The summed E-state index contributed by atoms with van der Waals surface area (Å²) in [6, 6.07) is 8.52. The summed E-state index contributed by atoms with van der Waals surface area (Å²) < 4.78 is 15.4. The zero-order chi connectivity index (χ0) is 13.9. The maximum absolute atomic E-state index is 13.3. The number of alkyl halides is 1. The maximum Gasteiger partial charge on any atom is 0.123 e. The quantitative estimate of drug-likeness (QED) is 0.689. The minimum Gasteiger partial charge on any atom is -0.323 e. The van der Waals surface area contributed by atoms with Gasteiger partial charge in [-0.2, -0.15) is 0 Å². The first-order valence-electron chi connectivity index (χ1n) is 6.37. The molecule has 0 bridgehead atoms. The van der Waals surface area contributed by atoms with Crippen LogP contribution in [0.25, 0.3) is 11.0 Å². The van der Waals surface area contributed by atoms with Gasteiger partial charge in [0.15, 0.2) is 0 Å². The molecule has 0 fully saturated rings. The first-order valence-corrected chi connectivity index (χ1v) is 6.91. The fourth-order valence-electron chi connectivity index (χ4n) is 2.30. The van der Waals surface area contributed by atoms with Gasteiger partial charge in [-0.3, -0.25) is 4.98 Å². The molecule has 0 N–H and O–H groups in total. The average molecular weight is 290 g/mol. The van der Waals surface area contributed by atoms with Crippen LogP contribution in [-0.2, 0) is 13.0 Å². The third-order valence-electron chi connectivity index (χ3n) is 3.18. The topological polar surface area (TPSA) is 30.7 Å². The van der Waals surface area contributed by atoms with Gasteiger partial charge in [-0.1, -0.05) is 12.1 Å². The molecule has 1 aromatic carbocycles. The van der Waals surface area contributed by atoms with E-state index in [1.165, 1.54) is 12.1 Å². The van der Waals surface area contributed by atoms with Crippen molar-refractivity contribution in [1.29, 1.82) is 0 Å². The molecule has 3 rings (SSSR count). The summed E-state index contributed by atoms with van der Waals surface area (Å²) in [5.74, 6) is 1.17. The number of pyridine rings is 1. The highest BCUT2D eigenvalue weighted by molar-refractivity contribution is 6.17. The summed E-state index contributed by atoms with van der Waals surface area (Å²) in [5, 5.41) is 0. The Morgan fingerprint density at radius 1 is 1.25 bits per heavy atom. The van der Waals surface area contributed by atoms with Crippen molar-refractivity contribution in [2.45, 2.75) is 13.0 Å². The zero-order valence-corrected chi connectivity index (χ0v) is 11.5. The van der Waals surface area contributed by atoms with E-state index in [-0.39, 0.29) is 5.82 Å². The highest BCUT2D eigenvalue weighted by atomic mass is 35.5. The van der Waals surface area contributed by atoms with Crippen LogP contribution in [0.15, 0.2) is 42.7 Å². The van der Waals surface area contributed by atoms with Crippen LogP contribution >= 0.6 is 11.6 Å². The van der Waals surface area contributed by atoms with Gasteiger partial charge in [0.2, 0.25) is 0 Å². The van der Waals surface area contributed by atoms with Gasteiger partial charge in [0, 0.05) is 25.0 Å². The van der Waals surface area contributed by atoms with E-state index < -0.39 is 0 Å². The number of benzene rings is 1. The molecule has 0 atom stereocenters. The van der Waals surface area contributed by atoms with Gasteiger partial charge in [0.1, 0.15) is 17.2 Å². The number of nitrogens with zero attached hydrogens (tertiary/aromatic N) is 3. The summed E-state index contributed by atoms with van der Waals surface area (Å²) in [6.45, 7) is 0.574. The van der Waals surface area contributed by atoms with Gasteiger partial charge in [-0.15, -0.1) is 11.6 Å². The van der Waals surface area contributed by atoms with E-state index in [0.29, 0.717) is 18.8 Å². The van der Waals surface area contributed by atoms with Crippen LogP contribution in [0.4, 0.5) is 4.39 Å². The van der Waals surface area contributed by atoms with Crippen molar-refractivity contribution in [2.75, 3.05) is 5.88 Å². The Morgan fingerprint density at radius 3 is 2.95 bits per heavy atom. The number of hydrogen-bond donors (Lipinski definition) is 0. The van der Waals surface area contributed by atoms with E-state index in [2.05, 4.69) is 14.5 Å². The fourth-order valence-corrected chi connectivity index (χ4v) is 2.47. The zero-order valence-electron chi connectivity index (χ0n) is 10.8. The standard InChI is InChI=1S/C15H13ClFN3/c16-6-4-15-19-13-9-18-7-5-14(13)20(15)10-11-2-1-3-12(17)8-11/h1-3,5,7-9H,4,6,10H2. The van der Waals surface area contributed by atoms with Crippen molar-refractivity contribution in [3.8, 4) is 0 Å². The number of aromatic nitrogens is 3. The molecule has 20 heavy (non-hydrogen) atoms. The van der Waals surface area contributed by atoms with E-state index in [1.54, 1.807) is 18.5 Å². The predicted octanol–water partition coefficient (Wildman–Crippen LogP) is 3.40. The first kappa shape index (κ1) is 13.1. The molecule has 0 spiro atoms. The number of aryl methyl sites for hydroxylation is 1. The Balaban J connectivity index is 2.06. The third kappa shape index (κ3) is 2.51. The summed E-state index contributed by atoms with van der Waals surface area (Å²) in [6.07, 6.45) is 4.14. The van der Waals surface area contributed by atoms with Crippen molar-refractivity contribution in [3.05, 3.63) is 59.9 Å². The number of halogens is 2. The smallest absolute Gasteiger partial charge is 0.123 e. The minimum absolute atomic E-state index is 0.229. The summed E-state index contributed by atoms with van der Waals surface area (Å²) >= 11 is 5.83. The van der Waals surface area contributed by atoms with Gasteiger partial charge in [0.05, 0.1) is 11.7 Å². The minimum atomic E-state index is -0.229. The highest BCUT2D eigenvalue weighted by Gasteiger charge is 2.10. The van der Waals surface area contributed by atoms with Crippen LogP contribution in [0.1, 0.15) is 11.4 Å². The second-order valence-corrected chi connectivity index (χ2v) is 4.93. The molecule has 2 aromatic heterocycles. The molecule has 3 nitrogen and oxygen atoms in total. The number of hydrogen-bond acceptors (Lipinski definition) is 2. The predicted molar refractivity (Wildman–Crippen MR) is 77.5 cm³/mol. The van der Waals surface area contributed by atoms with E-state index >= 15 is 0 Å². The fraction of sp³-hybridized carbons (Fsp3) is 0.200. The Kier molecular flexibility index (Phi) is 3.65. The molecule has 0 radical (unpaired) electrons. The molecule has 3 aromatic rings. The maximum atomic E-state index is 13.3. The van der Waals surface area contributed by atoms with Crippen LogP contribution in [0.2, 0.25) is 0 Å². The van der Waals surface area contributed by atoms with Crippen LogP contribution in [-0.4, -0.2) is 20.4 Å². The average Bonchev–Trinajstić information content (AvgIpc) is 2.78. The molecule has 0 amide bonds. The monoisotopic (exact) mass is 289 g/mol. The van der Waals surface area contributed by atoms with Crippen LogP contribution in [0.3, 0.4) is 0 Å². The van der Waals surface area contributed by atoms with Gasteiger partial charge < -0.3 is 4.57 Å². The lowest BCUT2D eigenvalue weighted by molar-refractivity contribution is 0.623. The van der Waals surface area contributed by atoms with Crippen molar-refractivity contribution >= 4 is 22.6 Å². The van der Waals surface area contributed by atoms with Crippen molar-refractivity contribution in [3.63, 3.8) is 0 Å². The summed E-state index contributed by atoms with van der Waals surface area (Å²) in [4.78, 5) is 8.62. The molecule has 0 saturated heterocycles. The Hall–Kier alpha value is -1.94. The van der Waals surface area contributed by atoms with Crippen LogP contribution in [0, 0.1) is 5.82 Å². The SMILES string of the molecule is Fc1cccc(Cn2c(CCCl)nc3cnccc32)c1. The van der Waals surface area contributed by atoms with Crippen molar-refractivity contribution in [1.82, 2.24) is 14.5 Å². The van der Waals surface area contributed by atoms with Gasteiger partial charge >= 0.3 is 0 Å². The van der Waals surface area contributed by atoms with E-state index in [9.17, 15) is 4.39 Å². The van der Waals surface area contributed by atoms with Gasteiger partial charge in [0.25, 0.3) is 0 Å². The normalized spacial score (nSPS) is 11.1. The van der Waals surface area contributed by atoms with E-state index in [4.69, 9.17) is 11.6 Å². The van der Waals surface area contributed by atoms with E-state index in [1.807, 2.05) is 12.1 Å². The molecule has 0 aliphatic rings. The molecule has 2 heterocycles. The Bertz CT molecular complexity index is 739. The molecule has 102 valence electrons. The molecule has 0 aliphatic heterocycles. The first-order chi connectivity index (χ1) is 9.78. The number of rotatable bonds is 4. The molecular weight excluding hydrogens is 277 g/mol. The highest BCUT2D eigenvalue weighted by Crippen LogP contribution is 2.18. The Morgan fingerprint density at radius 2 is 2.15 bits per heavy atom. The lowest BCUT2D eigenvalue weighted by Gasteiger charge is -2.08. The second kappa shape index (κ2) is 5.59. The molecule has 5 heteroatoms. The van der Waals surface area contributed by atoms with E-state index in [0.717, 1.165) is 22.4 Å². The van der Waals surface area contributed by atoms with Gasteiger partial charge in [-0.05, 0) is 23.8 Å². The summed E-state index contributed by atoms with van der Waals surface area (Å²) in [7, 11) is 0. The third-order valence-corrected chi connectivity index (χ3v) is 3.37. The number of fused-ring (bicyclic) bond motifs is 1. The van der Waals surface area contributed by atoms with Crippen molar-refractivity contribution < 1.29 is 4.39 Å². The second-order valence-electron chi connectivity index (χ2n) is 4.55. The lowest BCUT2D eigenvalue weighted by atomic mass is 10.2. The van der Waals surface area contributed by atoms with Crippen molar-refractivity contribution in [2.24, 2.45) is 0 Å².